The predicted molar refractivity (Wildman–Crippen MR) is 60.8 cm³/mol. The molecule has 0 aromatic rings. The molecule has 0 bridgehead atoms. The lowest BCUT2D eigenvalue weighted by Gasteiger charge is -1.97. The summed E-state index contributed by atoms with van der Waals surface area (Å²) in [5.41, 5.74) is 0. The normalized spacial score (nSPS) is 11.1. The molecule has 0 aliphatic carbocycles. The maximum Gasteiger partial charge on any atom is 0.310 e. The molecular weight excluding hydrogens is 208 g/mol. The van der Waals surface area contributed by atoms with Gasteiger partial charge in [-0.25, -0.2) is 0 Å². The fraction of sp³-hybridized carbons (Fsp3) is 0.500. The molecule has 4 nitrogen and oxygen atoms in total. The van der Waals surface area contributed by atoms with E-state index in [1.807, 2.05) is 13.0 Å². The third-order valence-electron chi connectivity index (χ3n) is 1.78. The summed E-state index contributed by atoms with van der Waals surface area (Å²) in [6.07, 6.45) is 9.08. The Morgan fingerprint density at radius 3 is 2.50 bits per heavy atom. The van der Waals surface area contributed by atoms with Crippen molar-refractivity contribution in [3.8, 4) is 0 Å². The van der Waals surface area contributed by atoms with Gasteiger partial charge in [-0.1, -0.05) is 19.1 Å². The Labute approximate surface area is 95.6 Å². The number of ether oxygens (including phenoxy) is 1. The Bertz CT molecular complexity index is 266. The highest BCUT2D eigenvalue weighted by Gasteiger charge is 2.02. The van der Waals surface area contributed by atoms with Crippen LogP contribution in [0.3, 0.4) is 0 Å². The predicted octanol–water partition coefficient (Wildman–Crippen LogP) is 2.65. The molecule has 0 rings (SSSR count). The number of carbonyl (C=O) groups excluding carboxylic acids is 1. The molecule has 0 radical (unpaired) electrons. The molecule has 16 heavy (non-hydrogen) atoms. The van der Waals surface area contributed by atoms with E-state index in [0.717, 1.165) is 6.42 Å². The van der Waals surface area contributed by atoms with Crippen molar-refractivity contribution in [3.05, 3.63) is 24.5 Å². The van der Waals surface area contributed by atoms with Gasteiger partial charge >= 0.3 is 11.9 Å². The molecule has 0 aromatic carbocycles. The Morgan fingerprint density at radius 1 is 1.19 bits per heavy atom. The van der Waals surface area contributed by atoms with Gasteiger partial charge in [0.05, 0.1) is 6.26 Å². The Kier molecular flexibility index (Phi) is 8.97. The van der Waals surface area contributed by atoms with Crippen molar-refractivity contribution in [1.82, 2.24) is 0 Å². The summed E-state index contributed by atoms with van der Waals surface area (Å²) < 4.78 is 4.78. The Hall–Kier alpha value is -1.58. The number of esters is 1. The molecule has 0 saturated heterocycles. The van der Waals surface area contributed by atoms with Gasteiger partial charge in [0, 0.05) is 12.8 Å². The summed E-state index contributed by atoms with van der Waals surface area (Å²) in [7, 11) is 0. The highest BCUT2D eigenvalue weighted by molar-refractivity contribution is 5.70. The molecule has 0 spiro atoms. The first kappa shape index (κ1) is 14.4. The molecule has 0 aromatic heterocycles. The first-order chi connectivity index (χ1) is 7.66. The van der Waals surface area contributed by atoms with Crippen LogP contribution in [0.25, 0.3) is 0 Å². The van der Waals surface area contributed by atoms with Crippen LogP contribution in [-0.2, 0) is 14.3 Å². The number of unbranched alkanes of at least 4 members (excludes halogenated alkanes) is 1. The van der Waals surface area contributed by atoms with E-state index < -0.39 is 5.97 Å². The van der Waals surface area contributed by atoms with Crippen molar-refractivity contribution < 1.29 is 19.4 Å². The van der Waals surface area contributed by atoms with Gasteiger partial charge in [-0.15, -0.1) is 0 Å². The Balaban J connectivity index is 3.48. The highest BCUT2D eigenvalue weighted by atomic mass is 16.5. The number of hydrogen-bond donors (Lipinski definition) is 1. The maximum atomic E-state index is 11.1. The molecule has 0 aliphatic rings. The number of rotatable bonds is 8. The molecule has 0 aliphatic heterocycles. The topological polar surface area (TPSA) is 63.6 Å². The van der Waals surface area contributed by atoms with Gasteiger partial charge in [0.2, 0.25) is 0 Å². The summed E-state index contributed by atoms with van der Waals surface area (Å²) in [5.74, 6) is -1.16. The van der Waals surface area contributed by atoms with Gasteiger partial charge in [0.15, 0.2) is 0 Å². The summed E-state index contributed by atoms with van der Waals surface area (Å²) in [4.78, 5) is 21.3. The standard InChI is InChI=1S/C12H18O4/c1-2-3-4-7-10-16-12(15)9-6-5-8-11(13)14/h3-4,7,10H,2,5-6,8-9H2,1H3,(H,13,14). The quantitative estimate of drug-likeness (QED) is 0.299. The van der Waals surface area contributed by atoms with Crippen LogP contribution >= 0.6 is 0 Å². The maximum absolute atomic E-state index is 11.1. The monoisotopic (exact) mass is 226 g/mol. The Morgan fingerprint density at radius 2 is 1.88 bits per heavy atom. The summed E-state index contributed by atoms with van der Waals surface area (Å²) in [6.45, 7) is 2.01. The number of carbonyl (C=O) groups is 2. The minimum Gasteiger partial charge on any atom is -0.481 e. The van der Waals surface area contributed by atoms with Crippen LogP contribution in [0.15, 0.2) is 24.5 Å². The van der Waals surface area contributed by atoms with E-state index >= 15 is 0 Å². The van der Waals surface area contributed by atoms with Crippen LogP contribution in [-0.4, -0.2) is 17.0 Å². The first-order valence-electron chi connectivity index (χ1n) is 5.39. The van der Waals surface area contributed by atoms with Crippen molar-refractivity contribution in [1.29, 1.82) is 0 Å². The zero-order chi connectivity index (χ0) is 12.2. The van der Waals surface area contributed by atoms with E-state index in [4.69, 9.17) is 9.84 Å². The largest absolute Gasteiger partial charge is 0.481 e. The van der Waals surface area contributed by atoms with Gasteiger partial charge < -0.3 is 9.84 Å². The average molecular weight is 226 g/mol. The van der Waals surface area contributed by atoms with Crippen LogP contribution in [0.1, 0.15) is 39.0 Å². The summed E-state index contributed by atoms with van der Waals surface area (Å²) in [6, 6.07) is 0. The molecule has 1 N–H and O–H groups in total. The van der Waals surface area contributed by atoms with Crippen LogP contribution in [0.4, 0.5) is 0 Å². The molecule has 0 heterocycles. The average Bonchev–Trinajstić information content (AvgIpc) is 2.24. The van der Waals surface area contributed by atoms with E-state index in [-0.39, 0.29) is 18.8 Å². The molecular formula is C12H18O4. The SMILES string of the molecule is CCC=CC=COC(=O)CCCCC(=O)O. The van der Waals surface area contributed by atoms with Gasteiger partial charge in [0.1, 0.15) is 0 Å². The van der Waals surface area contributed by atoms with E-state index in [0.29, 0.717) is 12.8 Å². The summed E-state index contributed by atoms with van der Waals surface area (Å²) >= 11 is 0. The fourth-order valence-electron chi connectivity index (χ4n) is 0.980. The molecule has 0 unspecified atom stereocenters. The lowest BCUT2D eigenvalue weighted by Crippen LogP contribution is -2.00. The third-order valence-corrected chi connectivity index (χ3v) is 1.78. The van der Waals surface area contributed by atoms with Gasteiger partial charge in [-0.05, 0) is 25.3 Å². The second-order valence-electron chi connectivity index (χ2n) is 3.26. The second kappa shape index (κ2) is 9.96. The molecule has 4 heteroatoms. The second-order valence-corrected chi connectivity index (χ2v) is 3.26. The van der Waals surface area contributed by atoms with Crippen LogP contribution in [0, 0.1) is 0 Å². The fourth-order valence-corrected chi connectivity index (χ4v) is 0.980. The molecule has 0 atom stereocenters. The zero-order valence-corrected chi connectivity index (χ0v) is 9.52. The summed E-state index contributed by atoms with van der Waals surface area (Å²) in [5, 5.41) is 8.37. The number of hydrogen-bond acceptors (Lipinski definition) is 3. The van der Waals surface area contributed by atoms with Gasteiger partial charge in [-0.3, -0.25) is 9.59 Å². The molecule has 0 saturated carbocycles. The van der Waals surface area contributed by atoms with Gasteiger partial charge in [0.25, 0.3) is 0 Å². The van der Waals surface area contributed by atoms with Crippen molar-refractivity contribution in [2.75, 3.05) is 0 Å². The van der Waals surface area contributed by atoms with Crippen molar-refractivity contribution in [2.45, 2.75) is 39.0 Å². The van der Waals surface area contributed by atoms with E-state index in [1.165, 1.54) is 6.26 Å². The van der Waals surface area contributed by atoms with E-state index in [2.05, 4.69) is 0 Å². The van der Waals surface area contributed by atoms with Crippen molar-refractivity contribution >= 4 is 11.9 Å². The first-order valence-corrected chi connectivity index (χ1v) is 5.39. The lowest BCUT2D eigenvalue weighted by atomic mass is 10.2. The van der Waals surface area contributed by atoms with Crippen molar-refractivity contribution in [3.63, 3.8) is 0 Å². The van der Waals surface area contributed by atoms with Crippen LogP contribution in [0.2, 0.25) is 0 Å². The number of carboxylic acids is 1. The molecule has 90 valence electrons. The van der Waals surface area contributed by atoms with E-state index in [9.17, 15) is 9.59 Å². The number of carboxylic acid groups (broad SMARTS) is 1. The number of allylic oxidation sites excluding steroid dienone is 3. The molecule has 0 amide bonds. The molecule has 0 fully saturated rings. The minimum atomic E-state index is -0.835. The smallest absolute Gasteiger partial charge is 0.310 e. The van der Waals surface area contributed by atoms with E-state index in [1.54, 1.807) is 12.2 Å². The highest BCUT2D eigenvalue weighted by Crippen LogP contribution is 2.01. The lowest BCUT2D eigenvalue weighted by molar-refractivity contribution is -0.139. The van der Waals surface area contributed by atoms with Crippen LogP contribution in [0.5, 0.6) is 0 Å². The third kappa shape index (κ3) is 10.5. The minimum absolute atomic E-state index is 0.0996. The van der Waals surface area contributed by atoms with Gasteiger partial charge in [-0.2, -0.15) is 0 Å². The van der Waals surface area contributed by atoms with Crippen LogP contribution < -0.4 is 0 Å². The zero-order valence-electron chi connectivity index (χ0n) is 9.52. The van der Waals surface area contributed by atoms with Crippen molar-refractivity contribution in [2.24, 2.45) is 0 Å². The number of aliphatic carboxylic acids is 1.